The van der Waals surface area contributed by atoms with Gasteiger partial charge in [-0.05, 0) is 25.5 Å². The van der Waals surface area contributed by atoms with Gasteiger partial charge in [0.1, 0.15) is 11.8 Å². The van der Waals surface area contributed by atoms with Gasteiger partial charge >= 0.3 is 5.97 Å². The van der Waals surface area contributed by atoms with Crippen LogP contribution in [0.4, 0.5) is 0 Å². The number of benzene rings is 1. The summed E-state index contributed by atoms with van der Waals surface area (Å²) in [6.45, 7) is 1.42. The Morgan fingerprint density at radius 1 is 1.30 bits per heavy atom. The molecule has 1 aromatic carbocycles. The molecule has 6 heteroatoms. The van der Waals surface area contributed by atoms with Crippen LogP contribution in [0.25, 0.3) is 0 Å². The minimum atomic E-state index is -0.868. The van der Waals surface area contributed by atoms with Crippen LogP contribution in [-0.2, 0) is 14.3 Å². The zero-order valence-electron chi connectivity index (χ0n) is 11.3. The summed E-state index contributed by atoms with van der Waals surface area (Å²) in [5.41, 5.74) is 0.269. The summed E-state index contributed by atoms with van der Waals surface area (Å²) in [6.07, 6.45) is 0.376. The summed E-state index contributed by atoms with van der Waals surface area (Å²) in [5, 5.41) is 2.82. The van der Waals surface area contributed by atoms with Gasteiger partial charge in [0, 0.05) is 6.42 Å². The van der Waals surface area contributed by atoms with Crippen LogP contribution in [0, 0.1) is 0 Å². The number of carbonyl (C=O) groups excluding carboxylic acids is 3. The minimum absolute atomic E-state index is 0.0640. The molecule has 0 aliphatic heterocycles. The summed E-state index contributed by atoms with van der Waals surface area (Å²) in [4.78, 5) is 34.6. The monoisotopic (exact) mass is 297 g/mol. The van der Waals surface area contributed by atoms with E-state index in [0.29, 0.717) is 5.02 Å². The Labute approximate surface area is 122 Å². The molecule has 0 heterocycles. The average molecular weight is 298 g/mol. The van der Waals surface area contributed by atoms with Crippen molar-refractivity contribution in [3.63, 3.8) is 0 Å². The van der Waals surface area contributed by atoms with E-state index in [0.717, 1.165) is 0 Å². The number of esters is 1. The van der Waals surface area contributed by atoms with E-state index in [-0.39, 0.29) is 24.2 Å². The molecule has 1 atom stereocenters. The number of methoxy groups -OCH3 is 1. The number of Topliss-reactive ketones (excluding diaryl/α,β-unsaturated/α-hetero) is 1. The van der Waals surface area contributed by atoms with Crippen LogP contribution >= 0.6 is 11.6 Å². The molecular formula is C14H16ClNO4. The summed E-state index contributed by atoms with van der Waals surface area (Å²) in [5.74, 6) is -1.13. The zero-order chi connectivity index (χ0) is 15.1. The molecule has 0 aliphatic carbocycles. The van der Waals surface area contributed by atoms with Crippen molar-refractivity contribution in [3.05, 3.63) is 34.9 Å². The molecule has 1 rings (SSSR count). The molecule has 1 amide bonds. The largest absolute Gasteiger partial charge is 0.467 e. The summed E-state index contributed by atoms with van der Waals surface area (Å²) >= 11 is 5.91. The first-order chi connectivity index (χ1) is 9.45. The quantitative estimate of drug-likeness (QED) is 0.815. The van der Waals surface area contributed by atoms with Crippen molar-refractivity contribution in [1.82, 2.24) is 5.32 Å². The Morgan fingerprint density at radius 2 is 1.95 bits per heavy atom. The first-order valence-corrected chi connectivity index (χ1v) is 6.46. The van der Waals surface area contributed by atoms with Crippen molar-refractivity contribution in [1.29, 1.82) is 0 Å². The Kier molecular flexibility index (Phi) is 6.18. The molecular weight excluding hydrogens is 282 g/mol. The molecule has 0 aromatic heterocycles. The third kappa shape index (κ3) is 4.66. The topological polar surface area (TPSA) is 72.5 Å². The van der Waals surface area contributed by atoms with E-state index in [9.17, 15) is 14.4 Å². The first kappa shape index (κ1) is 16.2. The second-order valence-corrected chi connectivity index (χ2v) is 4.68. The van der Waals surface area contributed by atoms with Crippen molar-refractivity contribution in [3.8, 4) is 0 Å². The zero-order valence-corrected chi connectivity index (χ0v) is 12.1. The fourth-order valence-electron chi connectivity index (χ4n) is 1.62. The number of ketones is 1. The number of nitrogens with one attached hydrogen (secondary N) is 1. The molecule has 5 nitrogen and oxygen atoms in total. The average Bonchev–Trinajstić information content (AvgIpc) is 2.42. The Bertz CT molecular complexity index is 516. The highest BCUT2D eigenvalue weighted by Gasteiger charge is 2.23. The van der Waals surface area contributed by atoms with Gasteiger partial charge in [0.15, 0.2) is 0 Å². The Balaban J connectivity index is 2.79. The molecule has 20 heavy (non-hydrogen) atoms. The van der Waals surface area contributed by atoms with E-state index >= 15 is 0 Å². The van der Waals surface area contributed by atoms with Gasteiger partial charge in [-0.2, -0.15) is 0 Å². The molecule has 0 bridgehead atoms. The molecule has 1 N–H and O–H groups in total. The summed E-state index contributed by atoms with van der Waals surface area (Å²) < 4.78 is 4.61. The molecule has 0 unspecified atom stereocenters. The van der Waals surface area contributed by atoms with E-state index in [1.165, 1.54) is 14.0 Å². The summed E-state index contributed by atoms with van der Waals surface area (Å²) in [6, 6.07) is 5.64. The van der Waals surface area contributed by atoms with Crippen LogP contribution in [0.1, 0.15) is 30.1 Å². The van der Waals surface area contributed by atoms with Crippen molar-refractivity contribution < 1.29 is 19.1 Å². The normalized spacial score (nSPS) is 11.6. The fourth-order valence-corrected chi connectivity index (χ4v) is 1.84. The van der Waals surface area contributed by atoms with Gasteiger partial charge in [-0.3, -0.25) is 4.79 Å². The number of amides is 1. The van der Waals surface area contributed by atoms with Crippen LogP contribution in [-0.4, -0.2) is 30.8 Å². The second kappa shape index (κ2) is 7.65. The maximum absolute atomic E-state index is 12.1. The van der Waals surface area contributed by atoms with Crippen molar-refractivity contribution in [2.75, 3.05) is 7.11 Å². The number of halogens is 1. The van der Waals surface area contributed by atoms with Gasteiger partial charge in [0.25, 0.3) is 5.91 Å². The van der Waals surface area contributed by atoms with Gasteiger partial charge in [-0.25, -0.2) is 4.79 Å². The van der Waals surface area contributed by atoms with Crippen LogP contribution in [0.3, 0.4) is 0 Å². The highest BCUT2D eigenvalue weighted by Crippen LogP contribution is 2.15. The maximum Gasteiger partial charge on any atom is 0.328 e. The van der Waals surface area contributed by atoms with Crippen LogP contribution in [0.2, 0.25) is 5.02 Å². The van der Waals surface area contributed by atoms with E-state index in [1.807, 2.05) is 0 Å². The molecule has 0 aliphatic rings. The molecule has 0 fully saturated rings. The third-order valence-electron chi connectivity index (χ3n) is 2.69. The molecule has 108 valence electrons. The minimum Gasteiger partial charge on any atom is -0.467 e. The number of hydrogen-bond acceptors (Lipinski definition) is 4. The molecule has 1 aromatic rings. The number of hydrogen-bond donors (Lipinski definition) is 1. The van der Waals surface area contributed by atoms with Crippen molar-refractivity contribution in [2.45, 2.75) is 25.8 Å². The predicted molar refractivity (Wildman–Crippen MR) is 74.6 cm³/mol. The standard InChI is InChI=1S/C14H16ClNO4/c1-9(17)7-8-12(14(19)20-2)16-13(18)10-5-3-4-6-11(10)15/h3-6,12H,7-8H2,1-2H3,(H,16,18)/t12-/m1/s1. The molecule has 0 saturated carbocycles. The Hall–Kier alpha value is -1.88. The number of carbonyl (C=O) groups is 3. The van der Waals surface area contributed by atoms with Gasteiger partial charge in [-0.1, -0.05) is 23.7 Å². The molecule has 0 radical (unpaired) electrons. The molecule has 0 spiro atoms. The third-order valence-corrected chi connectivity index (χ3v) is 3.02. The smallest absolute Gasteiger partial charge is 0.328 e. The highest BCUT2D eigenvalue weighted by atomic mass is 35.5. The van der Waals surface area contributed by atoms with E-state index < -0.39 is 17.9 Å². The molecule has 0 saturated heterocycles. The van der Waals surface area contributed by atoms with E-state index in [2.05, 4.69) is 10.1 Å². The van der Waals surface area contributed by atoms with Crippen LogP contribution in [0.5, 0.6) is 0 Å². The highest BCUT2D eigenvalue weighted by molar-refractivity contribution is 6.33. The van der Waals surface area contributed by atoms with Crippen LogP contribution < -0.4 is 5.32 Å². The van der Waals surface area contributed by atoms with Gasteiger partial charge < -0.3 is 14.8 Å². The van der Waals surface area contributed by atoms with E-state index in [4.69, 9.17) is 11.6 Å². The van der Waals surface area contributed by atoms with Crippen LogP contribution in [0.15, 0.2) is 24.3 Å². The first-order valence-electron chi connectivity index (χ1n) is 6.08. The van der Waals surface area contributed by atoms with Gasteiger partial charge in [0.2, 0.25) is 0 Å². The SMILES string of the molecule is COC(=O)[C@@H](CCC(C)=O)NC(=O)c1ccccc1Cl. The lowest BCUT2D eigenvalue weighted by atomic mass is 10.1. The van der Waals surface area contributed by atoms with Crippen molar-refractivity contribution >= 4 is 29.3 Å². The van der Waals surface area contributed by atoms with E-state index in [1.54, 1.807) is 24.3 Å². The van der Waals surface area contributed by atoms with Gasteiger partial charge in [-0.15, -0.1) is 0 Å². The number of rotatable bonds is 6. The lowest BCUT2D eigenvalue weighted by Crippen LogP contribution is -2.41. The number of ether oxygens (including phenoxy) is 1. The lowest BCUT2D eigenvalue weighted by Gasteiger charge is -2.16. The maximum atomic E-state index is 12.1. The van der Waals surface area contributed by atoms with Gasteiger partial charge in [0.05, 0.1) is 17.7 Å². The predicted octanol–water partition coefficient (Wildman–Crippen LogP) is 1.98. The Morgan fingerprint density at radius 3 is 2.50 bits per heavy atom. The second-order valence-electron chi connectivity index (χ2n) is 4.27. The lowest BCUT2D eigenvalue weighted by molar-refractivity contribution is -0.143. The fraction of sp³-hybridized carbons (Fsp3) is 0.357. The summed E-state index contributed by atoms with van der Waals surface area (Å²) in [7, 11) is 1.23. The van der Waals surface area contributed by atoms with Crippen molar-refractivity contribution in [2.24, 2.45) is 0 Å².